The molecule has 0 aromatic heterocycles. The molecule has 0 fully saturated rings. The number of hydrogen-bond donors (Lipinski definition) is 1. The average molecular weight is 287 g/mol. The lowest BCUT2D eigenvalue weighted by molar-refractivity contribution is 0.386. The van der Waals surface area contributed by atoms with Crippen molar-refractivity contribution in [3.8, 4) is 16.9 Å². The molecule has 3 heteroatoms. The Kier molecular flexibility index (Phi) is 4.97. The SMILES string of the molecule is COc1ccc(-c2cc(CNC(C)C)ccc2C)cc1F. The predicted octanol–water partition coefficient (Wildman–Crippen LogP) is 4.31. The molecule has 0 saturated carbocycles. The number of aryl methyl sites for hydroxylation is 1. The van der Waals surface area contributed by atoms with Gasteiger partial charge in [-0.25, -0.2) is 4.39 Å². The summed E-state index contributed by atoms with van der Waals surface area (Å²) >= 11 is 0. The summed E-state index contributed by atoms with van der Waals surface area (Å²) in [5, 5.41) is 3.40. The third kappa shape index (κ3) is 3.82. The first-order valence-electron chi connectivity index (χ1n) is 7.18. The molecule has 0 heterocycles. The molecular formula is C18H22FNO. The second-order valence-corrected chi connectivity index (χ2v) is 5.53. The quantitative estimate of drug-likeness (QED) is 0.885. The van der Waals surface area contributed by atoms with Gasteiger partial charge in [-0.2, -0.15) is 0 Å². The third-order valence-corrected chi connectivity index (χ3v) is 3.48. The van der Waals surface area contributed by atoms with Gasteiger partial charge in [-0.05, 0) is 47.4 Å². The molecule has 2 rings (SSSR count). The zero-order valence-corrected chi connectivity index (χ0v) is 13.0. The minimum Gasteiger partial charge on any atom is -0.494 e. The lowest BCUT2D eigenvalue weighted by atomic mass is 9.97. The fourth-order valence-electron chi connectivity index (χ4n) is 2.25. The van der Waals surface area contributed by atoms with Crippen LogP contribution in [0.15, 0.2) is 36.4 Å². The highest BCUT2D eigenvalue weighted by Gasteiger charge is 2.08. The highest BCUT2D eigenvalue weighted by molar-refractivity contribution is 5.68. The van der Waals surface area contributed by atoms with Gasteiger partial charge in [-0.1, -0.05) is 32.0 Å². The van der Waals surface area contributed by atoms with E-state index in [9.17, 15) is 4.39 Å². The molecule has 0 amide bonds. The summed E-state index contributed by atoms with van der Waals surface area (Å²) in [6.07, 6.45) is 0. The summed E-state index contributed by atoms with van der Waals surface area (Å²) < 4.78 is 18.9. The van der Waals surface area contributed by atoms with E-state index in [1.165, 1.54) is 18.7 Å². The fraction of sp³-hybridized carbons (Fsp3) is 0.333. The maximum absolute atomic E-state index is 13.9. The van der Waals surface area contributed by atoms with Crippen molar-refractivity contribution >= 4 is 0 Å². The summed E-state index contributed by atoms with van der Waals surface area (Å²) in [5.74, 6) is -0.0610. The molecule has 0 aliphatic carbocycles. The van der Waals surface area contributed by atoms with Crippen LogP contribution in [0.4, 0.5) is 4.39 Å². The van der Waals surface area contributed by atoms with Crippen LogP contribution in [-0.4, -0.2) is 13.2 Å². The average Bonchev–Trinajstić information content (AvgIpc) is 2.46. The van der Waals surface area contributed by atoms with E-state index < -0.39 is 0 Å². The molecule has 0 saturated heterocycles. The zero-order valence-electron chi connectivity index (χ0n) is 13.0. The lowest BCUT2D eigenvalue weighted by Gasteiger charge is -2.12. The highest BCUT2D eigenvalue weighted by Crippen LogP contribution is 2.28. The number of nitrogens with one attached hydrogen (secondary N) is 1. The summed E-state index contributed by atoms with van der Waals surface area (Å²) in [5.41, 5.74) is 4.25. The molecule has 112 valence electrons. The zero-order chi connectivity index (χ0) is 15.4. The highest BCUT2D eigenvalue weighted by atomic mass is 19.1. The van der Waals surface area contributed by atoms with Crippen LogP contribution in [-0.2, 0) is 6.54 Å². The second-order valence-electron chi connectivity index (χ2n) is 5.53. The number of hydrogen-bond acceptors (Lipinski definition) is 2. The summed E-state index contributed by atoms with van der Waals surface area (Å²) in [7, 11) is 1.47. The lowest BCUT2D eigenvalue weighted by Crippen LogP contribution is -2.21. The molecule has 21 heavy (non-hydrogen) atoms. The van der Waals surface area contributed by atoms with Crippen molar-refractivity contribution < 1.29 is 9.13 Å². The van der Waals surface area contributed by atoms with Gasteiger partial charge in [-0.15, -0.1) is 0 Å². The van der Waals surface area contributed by atoms with Gasteiger partial charge in [0.1, 0.15) is 0 Å². The second kappa shape index (κ2) is 6.72. The van der Waals surface area contributed by atoms with Crippen LogP contribution < -0.4 is 10.1 Å². The van der Waals surface area contributed by atoms with Gasteiger partial charge in [0.2, 0.25) is 0 Å². The van der Waals surface area contributed by atoms with Gasteiger partial charge in [0.15, 0.2) is 11.6 Å². The van der Waals surface area contributed by atoms with E-state index in [1.807, 2.05) is 13.0 Å². The van der Waals surface area contributed by atoms with Crippen LogP contribution in [0.5, 0.6) is 5.75 Å². The van der Waals surface area contributed by atoms with Crippen LogP contribution in [0.1, 0.15) is 25.0 Å². The van der Waals surface area contributed by atoms with Gasteiger partial charge in [-0.3, -0.25) is 0 Å². The van der Waals surface area contributed by atoms with Crippen LogP contribution in [0.3, 0.4) is 0 Å². The Hall–Kier alpha value is -1.87. The maximum atomic E-state index is 13.9. The van der Waals surface area contributed by atoms with Crippen LogP contribution in [0.2, 0.25) is 0 Å². The molecule has 0 aliphatic rings. The number of rotatable bonds is 5. The molecule has 0 bridgehead atoms. The number of methoxy groups -OCH3 is 1. The standard InChI is InChI=1S/C18H22FNO/c1-12(2)20-11-14-6-5-13(3)16(9-14)15-7-8-18(21-4)17(19)10-15/h5-10,12,20H,11H2,1-4H3. The van der Waals surface area contributed by atoms with Crippen molar-refractivity contribution in [2.75, 3.05) is 7.11 Å². The van der Waals surface area contributed by atoms with Crippen molar-refractivity contribution in [1.29, 1.82) is 0 Å². The predicted molar refractivity (Wildman–Crippen MR) is 85.1 cm³/mol. The third-order valence-electron chi connectivity index (χ3n) is 3.48. The van der Waals surface area contributed by atoms with E-state index in [0.29, 0.717) is 6.04 Å². The van der Waals surface area contributed by atoms with Crippen molar-refractivity contribution in [3.05, 3.63) is 53.3 Å². The summed E-state index contributed by atoms with van der Waals surface area (Å²) in [4.78, 5) is 0. The molecule has 0 aliphatic heterocycles. The molecule has 0 spiro atoms. The number of halogens is 1. The van der Waals surface area contributed by atoms with Gasteiger partial charge >= 0.3 is 0 Å². The molecular weight excluding hydrogens is 265 g/mol. The van der Waals surface area contributed by atoms with E-state index in [2.05, 4.69) is 37.4 Å². The van der Waals surface area contributed by atoms with Crippen LogP contribution in [0.25, 0.3) is 11.1 Å². The normalized spacial score (nSPS) is 11.0. The van der Waals surface area contributed by atoms with Gasteiger partial charge in [0.25, 0.3) is 0 Å². The fourth-order valence-corrected chi connectivity index (χ4v) is 2.25. The Labute approximate surface area is 126 Å². The molecule has 2 aromatic carbocycles. The van der Waals surface area contributed by atoms with Crippen molar-refractivity contribution in [2.24, 2.45) is 0 Å². The van der Waals surface area contributed by atoms with E-state index in [1.54, 1.807) is 6.07 Å². The van der Waals surface area contributed by atoms with Crippen LogP contribution >= 0.6 is 0 Å². The monoisotopic (exact) mass is 287 g/mol. The summed E-state index contributed by atoms with van der Waals surface area (Å²) in [6.45, 7) is 7.09. The smallest absolute Gasteiger partial charge is 0.165 e. The van der Waals surface area contributed by atoms with Gasteiger partial charge in [0, 0.05) is 12.6 Å². The number of ether oxygens (including phenoxy) is 1. The largest absolute Gasteiger partial charge is 0.494 e. The minimum absolute atomic E-state index is 0.272. The van der Waals surface area contributed by atoms with Crippen molar-refractivity contribution in [2.45, 2.75) is 33.4 Å². The number of benzene rings is 2. The molecule has 2 aromatic rings. The van der Waals surface area contributed by atoms with E-state index in [-0.39, 0.29) is 11.6 Å². The first-order valence-corrected chi connectivity index (χ1v) is 7.18. The topological polar surface area (TPSA) is 21.3 Å². The Morgan fingerprint density at radius 3 is 2.52 bits per heavy atom. The van der Waals surface area contributed by atoms with E-state index in [4.69, 9.17) is 4.74 Å². The first kappa shape index (κ1) is 15.5. The van der Waals surface area contributed by atoms with E-state index >= 15 is 0 Å². The maximum Gasteiger partial charge on any atom is 0.165 e. The Bertz CT molecular complexity index is 623. The van der Waals surface area contributed by atoms with Crippen molar-refractivity contribution in [3.63, 3.8) is 0 Å². The summed E-state index contributed by atoms with van der Waals surface area (Å²) in [6, 6.07) is 11.8. The van der Waals surface area contributed by atoms with Gasteiger partial charge in [0.05, 0.1) is 7.11 Å². The Morgan fingerprint density at radius 2 is 1.90 bits per heavy atom. The minimum atomic E-state index is -0.333. The van der Waals surface area contributed by atoms with E-state index in [0.717, 1.165) is 23.2 Å². The molecule has 1 N–H and O–H groups in total. The van der Waals surface area contributed by atoms with Gasteiger partial charge < -0.3 is 10.1 Å². The Morgan fingerprint density at radius 1 is 1.14 bits per heavy atom. The molecule has 2 nitrogen and oxygen atoms in total. The van der Waals surface area contributed by atoms with Crippen LogP contribution in [0, 0.1) is 12.7 Å². The molecule has 0 radical (unpaired) electrons. The molecule has 0 atom stereocenters. The first-order chi connectivity index (χ1) is 10.0. The Balaban J connectivity index is 2.34. The molecule has 0 unspecified atom stereocenters. The van der Waals surface area contributed by atoms with Crippen molar-refractivity contribution in [1.82, 2.24) is 5.32 Å².